The van der Waals surface area contributed by atoms with Crippen LogP contribution in [0.2, 0.25) is 0 Å². The Balaban J connectivity index is 3.05. The number of nitrogens with one attached hydrogen (secondary N) is 1. The summed E-state index contributed by atoms with van der Waals surface area (Å²) < 4.78 is 0. The van der Waals surface area contributed by atoms with Gasteiger partial charge in [0.15, 0.2) is 0 Å². The van der Waals surface area contributed by atoms with E-state index in [1.807, 2.05) is 20.8 Å². The number of anilines is 1. The van der Waals surface area contributed by atoms with Crippen molar-refractivity contribution in [1.29, 1.82) is 0 Å². The largest absolute Gasteiger partial charge is 0.480 e. The van der Waals surface area contributed by atoms with Crippen LogP contribution in [0.3, 0.4) is 0 Å². The third-order valence-corrected chi connectivity index (χ3v) is 2.95. The SMILES string of the molecule is CCC(CC)(Nc1cc(C)nc(C)n1)C(=O)O. The molecule has 0 saturated carbocycles. The van der Waals surface area contributed by atoms with Crippen LogP contribution in [0.25, 0.3) is 0 Å². The van der Waals surface area contributed by atoms with E-state index in [0.29, 0.717) is 24.5 Å². The van der Waals surface area contributed by atoms with Crippen molar-refractivity contribution in [3.8, 4) is 0 Å². The van der Waals surface area contributed by atoms with Gasteiger partial charge in [0.2, 0.25) is 0 Å². The van der Waals surface area contributed by atoms with Crippen molar-refractivity contribution in [2.45, 2.75) is 46.1 Å². The Kier molecular flexibility index (Phi) is 4.04. The van der Waals surface area contributed by atoms with E-state index < -0.39 is 11.5 Å². The highest BCUT2D eigenvalue weighted by Gasteiger charge is 2.35. The minimum absolute atomic E-state index is 0.501. The lowest BCUT2D eigenvalue weighted by molar-refractivity contribution is -0.142. The molecule has 2 N–H and O–H groups in total. The number of hydrogen-bond donors (Lipinski definition) is 2. The minimum atomic E-state index is -0.951. The number of carboxylic acids is 1. The number of aromatic nitrogens is 2. The maximum Gasteiger partial charge on any atom is 0.329 e. The lowest BCUT2D eigenvalue weighted by atomic mass is 9.93. The maximum absolute atomic E-state index is 11.4. The lowest BCUT2D eigenvalue weighted by Crippen LogP contribution is -2.45. The summed E-state index contributed by atoms with van der Waals surface area (Å²) in [5.41, 5.74) is -0.126. The summed E-state index contributed by atoms with van der Waals surface area (Å²) in [7, 11) is 0. The van der Waals surface area contributed by atoms with Gasteiger partial charge >= 0.3 is 5.97 Å². The lowest BCUT2D eigenvalue weighted by Gasteiger charge is -2.28. The van der Waals surface area contributed by atoms with Crippen LogP contribution in [0.5, 0.6) is 0 Å². The van der Waals surface area contributed by atoms with Gasteiger partial charge in [-0.1, -0.05) is 13.8 Å². The third kappa shape index (κ3) is 2.93. The molecule has 0 unspecified atom stereocenters. The molecule has 5 heteroatoms. The molecule has 0 bridgehead atoms. The molecule has 0 aliphatic rings. The Morgan fingerprint density at radius 1 is 1.35 bits per heavy atom. The quantitative estimate of drug-likeness (QED) is 0.820. The van der Waals surface area contributed by atoms with E-state index in [0.717, 1.165) is 5.69 Å². The predicted octanol–water partition coefficient (Wildman–Crippen LogP) is 2.15. The molecule has 0 radical (unpaired) electrons. The van der Waals surface area contributed by atoms with Crippen molar-refractivity contribution < 1.29 is 9.90 Å². The Labute approximate surface area is 101 Å². The summed E-state index contributed by atoms with van der Waals surface area (Å²) in [4.78, 5) is 19.7. The number of hydrogen-bond acceptors (Lipinski definition) is 4. The first-order chi connectivity index (χ1) is 7.93. The third-order valence-electron chi connectivity index (χ3n) is 2.95. The van der Waals surface area contributed by atoms with Gasteiger partial charge in [0.05, 0.1) is 0 Å². The highest BCUT2D eigenvalue weighted by atomic mass is 16.4. The molecule has 0 saturated heterocycles. The summed E-state index contributed by atoms with van der Waals surface area (Å²) in [6.07, 6.45) is 1.00. The summed E-state index contributed by atoms with van der Waals surface area (Å²) >= 11 is 0. The van der Waals surface area contributed by atoms with E-state index in [4.69, 9.17) is 0 Å². The molecule has 0 aromatic carbocycles. The van der Waals surface area contributed by atoms with E-state index in [9.17, 15) is 9.90 Å². The zero-order valence-electron chi connectivity index (χ0n) is 10.7. The molecule has 1 rings (SSSR count). The van der Waals surface area contributed by atoms with E-state index in [2.05, 4.69) is 15.3 Å². The van der Waals surface area contributed by atoms with Crippen LogP contribution in [0, 0.1) is 13.8 Å². The molecule has 0 aliphatic heterocycles. The molecular formula is C12H19N3O2. The highest BCUT2D eigenvalue weighted by Crippen LogP contribution is 2.21. The molecule has 94 valence electrons. The first-order valence-electron chi connectivity index (χ1n) is 5.77. The van der Waals surface area contributed by atoms with Crippen molar-refractivity contribution in [2.24, 2.45) is 0 Å². The van der Waals surface area contributed by atoms with Crippen molar-refractivity contribution >= 4 is 11.8 Å². The maximum atomic E-state index is 11.4. The van der Waals surface area contributed by atoms with E-state index >= 15 is 0 Å². The fraction of sp³-hybridized carbons (Fsp3) is 0.583. The first kappa shape index (κ1) is 13.4. The van der Waals surface area contributed by atoms with Crippen LogP contribution < -0.4 is 5.32 Å². The number of nitrogens with zero attached hydrogens (tertiary/aromatic N) is 2. The molecule has 1 aromatic rings. The fourth-order valence-corrected chi connectivity index (χ4v) is 1.81. The zero-order valence-corrected chi connectivity index (χ0v) is 10.7. The van der Waals surface area contributed by atoms with Crippen molar-refractivity contribution in [3.05, 3.63) is 17.6 Å². The van der Waals surface area contributed by atoms with Crippen LogP contribution in [-0.4, -0.2) is 26.6 Å². The number of aliphatic carboxylic acids is 1. The molecule has 0 spiro atoms. The Bertz CT molecular complexity index is 394. The Morgan fingerprint density at radius 2 is 1.94 bits per heavy atom. The normalized spacial score (nSPS) is 11.3. The van der Waals surface area contributed by atoms with Gasteiger partial charge in [-0.15, -0.1) is 0 Å². The standard InChI is InChI=1S/C12H19N3O2/c1-5-12(6-2,11(16)17)15-10-7-8(3)13-9(4)14-10/h7H,5-6H2,1-4H3,(H,16,17)(H,13,14,15). The van der Waals surface area contributed by atoms with Crippen LogP contribution in [-0.2, 0) is 4.79 Å². The summed E-state index contributed by atoms with van der Waals surface area (Å²) in [5.74, 6) is 0.358. The van der Waals surface area contributed by atoms with Crippen LogP contribution >= 0.6 is 0 Å². The van der Waals surface area contributed by atoms with E-state index in [1.54, 1.807) is 13.0 Å². The molecule has 17 heavy (non-hydrogen) atoms. The number of carboxylic acid groups (broad SMARTS) is 1. The average molecular weight is 237 g/mol. The van der Waals surface area contributed by atoms with Crippen molar-refractivity contribution in [1.82, 2.24) is 9.97 Å². The van der Waals surface area contributed by atoms with Crippen LogP contribution in [0.1, 0.15) is 38.2 Å². The number of rotatable bonds is 5. The molecule has 1 aromatic heterocycles. The minimum Gasteiger partial charge on any atom is -0.480 e. The fourth-order valence-electron chi connectivity index (χ4n) is 1.81. The Morgan fingerprint density at radius 3 is 2.35 bits per heavy atom. The second-order valence-corrected chi connectivity index (χ2v) is 4.16. The second-order valence-electron chi connectivity index (χ2n) is 4.16. The van der Waals surface area contributed by atoms with Crippen LogP contribution in [0.4, 0.5) is 5.82 Å². The number of aryl methyl sites for hydroxylation is 2. The van der Waals surface area contributed by atoms with Crippen LogP contribution in [0.15, 0.2) is 6.07 Å². The van der Waals surface area contributed by atoms with Gasteiger partial charge in [0.25, 0.3) is 0 Å². The average Bonchev–Trinajstić information content (AvgIpc) is 2.24. The molecular weight excluding hydrogens is 218 g/mol. The van der Waals surface area contributed by atoms with Gasteiger partial charge in [-0.3, -0.25) is 0 Å². The second kappa shape index (κ2) is 5.12. The highest BCUT2D eigenvalue weighted by molar-refractivity contribution is 5.82. The van der Waals surface area contributed by atoms with E-state index in [-0.39, 0.29) is 0 Å². The molecule has 0 amide bonds. The Hall–Kier alpha value is -1.65. The predicted molar refractivity (Wildman–Crippen MR) is 66.1 cm³/mol. The molecule has 0 atom stereocenters. The molecule has 0 fully saturated rings. The monoisotopic (exact) mass is 237 g/mol. The van der Waals surface area contributed by atoms with Crippen molar-refractivity contribution in [2.75, 3.05) is 5.32 Å². The smallest absolute Gasteiger partial charge is 0.329 e. The molecule has 5 nitrogen and oxygen atoms in total. The first-order valence-corrected chi connectivity index (χ1v) is 5.77. The van der Waals surface area contributed by atoms with Crippen molar-refractivity contribution in [3.63, 3.8) is 0 Å². The zero-order chi connectivity index (χ0) is 13.1. The summed E-state index contributed by atoms with van der Waals surface area (Å²) in [6, 6.07) is 1.76. The van der Waals surface area contributed by atoms with Gasteiger partial charge in [-0.2, -0.15) is 0 Å². The molecule has 1 heterocycles. The van der Waals surface area contributed by atoms with Gasteiger partial charge < -0.3 is 10.4 Å². The van der Waals surface area contributed by atoms with E-state index in [1.165, 1.54) is 0 Å². The summed E-state index contributed by atoms with van der Waals surface area (Å²) in [6.45, 7) is 7.36. The van der Waals surface area contributed by atoms with Gasteiger partial charge in [0, 0.05) is 11.8 Å². The van der Waals surface area contributed by atoms with Gasteiger partial charge in [-0.05, 0) is 26.7 Å². The summed E-state index contributed by atoms with van der Waals surface area (Å²) in [5, 5.41) is 12.3. The topological polar surface area (TPSA) is 75.1 Å². The van der Waals surface area contributed by atoms with Gasteiger partial charge in [0.1, 0.15) is 17.2 Å². The number of carbonyl (C=O) groups is 1. The van der Waals surface area contributed by atoms with Gasteiger partial charge in [-0.25, -0.2) is 14.8 Å². The molecule has 0 aliphatic carbocycles.